The molecule has 5 heteroatoms. The molecule has 0 aromatic heterocycles. The van der Waals surface area contributed by atoms with E-state index in [1.165, 1.54) is 18.2 Å². The van der Waals surface area contributed by atoms with Crippen LogP contribution in [0.25, 0.3) is 0 Å². The lowest BCUT2D eigenvalue weighted by molar-refractivity contribution is 0.251. The zero-order chi connectivity index (χ0) is 14.5. The van der Waals surface area contributed by atoms with Gasteiger partial charge >= 0.3 is 6.03 Å². The Hall–Kier alpha value is -2.07. The van der Waals surface area contributed by atoms with Gasteiger partial charge in [-0.05, 0) is 30.7 Å². The van der Waals surface area contributed by atoms with E-state index < -0.39 is 11.8 Å². The standard InChI is InChI=1S/C15H14ClFN2O/c1-10-3-2-4-11(7-10)9-18-15(20)19-12-5-6-13(16)14(17)8-12/h2-8H,9H2,1H3,(H2,18,19,20). The fourth-order valence-electron chi connectivity index (χ4n) is 1.75. The van der Waals surface area contributed by atoms with Crippen molar-refractivity contribution in [3.05, 3.63) is 64.4 Å². The predicted molar refractivity (Wildman–Crippen MR) is 78.4 cm³/mol. The van der Waals surface area contributed by atoms with Crippen molar-refractivity contribution in [2.75, 3.05) is 5.32 Å². The van der Waals surface area contributed by atoms with E-state index in [0.29, 0.717) is 12.2 Å². The third-order valence-electron chi connectivity index (χ3n) is 2.71. The lowest BCUT2D eigenvalue weighted by Crippen LogP contribution is -2.28. The minimum absolute atomic E-state index is 0.0238. The normalized spacial score (nSPS) is 10.2. The van der Waals surface area contributed by atoms with Crippen LogP contribution in [-0.4, -0.2) is 6.03 Å². The Kier molecular flexibility index (Phi) is 4.58. The van der Waals surface area contributed by atoms with Crippen LogP contribution in [0.5, 0.6) is 0 Å². The highest BCUT2D eigenvalue weighted by Crippen LogP contribution is 2.18. The highest BCUT2D eigenvalue weighted by atomic mass is 35.5. The molecule has 0 spiro atoms. The Morgan fingerprint density at radius 1 is 1.25 bits per heavy atom. The molecule has 2 N–H and O–H groups in total. The molecular formula is C15H14ClFN2O. The molecule has 0 bridgehead atoms. The lowest BCUT2D eigenvalue weighted by Gasteiger charge is -2.08. The molecule has 0 aliphatic heterocycles. The van der Waals surface area contributed by atoms with Gasteiger partial charge in [0.15, 0.2) is 0 Å². The monoisotopic (exact) mass is 292 g/mol. The van der Waals surface area contributed by atoms with E-state index in [9.17, 15) is 9.18 Å². The number of rotatable bonds is 3. The Morgan fingerprint density at radius 2 is 2.05 bits per heavy atom. The number of anilines is 1. The number of carbonyl (C=O) groups excluding carboxylic acids is 1. The molecule has 0 heterocycles. The molecule has 0 aliphatic carbocycles. The molecule has 3 nitrogen and oxygen atoms in total. The molecule has 2 rings (SSSR count). The largest absolute Gasteiger partial charge is 0.334 e. The molecule has 0 atom stereocenters. The summed E-state index contributed by atoms with van der Waals surface area (Å²) in [5.74, 6) is -0.567. The van der Waals surface area contributed by atoms with Gasteiger partial charge in [-0.15, -0.1) is 0 Å². The second-order valence-corrected chi connectivity index (χ2v) is 4.83. The Balaban J connectivity index is 1.91. The molecule has 2 amide bonds. The maximum atomic E-state index is 13.2. The fraction of sp³-hybridized carbons (Fsp3) is 0.133. The second kappa shape index (κ2) is 6.39. The summed E-state index contributed by atoms with van der Waals surface area (Å²) in [5.41, 5.74) is 2.49. The summed E-state index contributed by atoms with van der Waals surface area (Å²) in [5, 5.41) is 5.27. The number of amides is 2. The first-order valence-corrected chi connectivity index (χ1v) is 6.48. The van der Waals surface area contributed by atoms with Gasteiger partial charge in [-0.1, -0.05) is 41.4 Å². The summed E-state index contributed by atoms with van der Waals surface area (Å²) in [7, 11) is 0. The van der Waals surface area contributed by atoms with Gasteiger partial charge in [0, 0.05) is 12.2 Å². The molecule has 0 fully saturated rings. The van der Waals surface area contributed by atoms with E-state index in [2.05, 4.69) is 10.6 Å². The average molecular weight is 293 g/mol. The molecule has 2 aromatic rings. The van der Waals surface area contributed by atoms with E-state index in [1.807, 2.05) is 31.2 Å². The lowest BCUT2D eigenvalue weighted by atomic mass is 10.1. The van der Waals surface area contributed by atoms with Gasteiger partial charge in [0.25, 0.3) is 0 Å². The summed E-state index contributed by atoms with van der Waals surface area (Å²) < 4.78 is 13.2. The van der Waals surface area contributed by atoms with Crippen LogP contribution in [0.1, 0.15) is 11.1 Å². The smallest absolute Gasteiger partial charge is 0.319 e. The number of aryl methyl sites for hydroxylation is 1. The number of halogens is 2. The van der Waals surface area contributed by atoms with Crippen LogP contribution in [0.4, 0.5) is 14.9 Å². The SMILES string of the molecule is Cc1cccc(CNC(=O)Nc2ccc(Cl)c(F)c2)c1. The summed E-state index contributed by atoms with van der Waals surface area (Å²) in [6.45, 7) is 2.39. The Labute approximate surface area is 121 Å². The van der Waals surface area contributed by atoms with E-state index in [4.69, 9.17) is 11.6 Å². The molecular weight excluding hydrogens is 279 g/mol. The molecule has 0 saturated carbocycles. The van der Waals surface area contributed by atoms with Crippen LogP contribution in [0.2, 0.25) is 5.02 Å². The Morgan fingerprint density at radius 3 is 2.75 bits per heavy atom. The molecule has 0 saturated heterocycles. The zero-order valence-electron chi connectivity index (χ0n) is 10.9. The molecule has 0 unspecified atom stereocenters. The van der Waals surface area contributed by atoms with E-state index in [1.54, 1.807) is 0 Å². The molecule has 0 aliphatic rings. The number of urea groups is 1. The highest BCUT2D eigenvalue weighted by molar-refractivity contribution is 6.30. The first-order chi connectivity index (χ1) is 9.54. The van der Waals surface area contributed by atoms with Crippen LogP contribution >= 0.6 is 11.6 Å². The van der Waals surface area contributed by atoms with E-state index in [0.717, 1.165) is 11.1 Å². The zero-order valence-corrected chi connectivity index (χ0v) is 11.7. The fourth-order valence-corrected chi connectivity index (χ4v) is 1.87. The summed E-state index contributed by atoms with van der Waals surface area (Å²) in [6, 6.07) is 11.5. The predicted octanol–water partition coefficient (Wildman–Crippen LogP) is 4.11. The van der Waals surface area contributed by atoms with Crippen LogP contribution < -0.4 is 10.6 Å². The van der Waals surface area contributed by atoms with Crippen molar-refractivity contribution in [3.8, 4) is 0 Å². The number of carbonyl (C=O) groups is 1. The third kappa shape index (κ3) is 3.96. The summed E-state index contributed by atoms with van der Waals surface area (Å²) in [6.07, 6.45) is 0. The number of benzene rings is 2. The quantitative estimate of drug-likeness (QED) is 0.878. The van der Waals surface area contributed by atoms with Crippen molar-refractivity contribution in [3.63, 3.8) is 0 Å². The van der Waals surface area contributed by atoms with Gasteiger partial charge in [-0.25, -0.2) is 9.18 Å². The first-order valence-electron chi connectivity index (χ1n) is 6.10. The maximum absolute atomic E-state index is 13.2. The van der Waals surface area contributed by atoms with E-state index in [-0.39, 0.29) is 5.02 Å². The molecule has 104 valence electrons. The van der Waals surface area contributed by atoms with Crippen molar-refractivity contribution < 1.29 is 9.18 Å². The molecule has 2 aromatic carbocycles. The van der Waals surface area contributed by atoms with Crippen molar-refractivity contribution in [2.45, 2.75) is 13.5 Å². The average Bonchev–Trinajstić information content (AvgIpc) is 2.41. The molecule has 0 radical (unpaired) electrons. The summed E-state index contributed by atoms with van der Waals surface area (Å²) in [4.78, 5) is 11.7. The first kappa shape index (κ1) is 14.3. The summed E-state index contributed by atoms with van der Waals surface area (Å²) >= 11 is 5.57. The van der Waals surface area contributed by atoms with Gasteiger partial charge in [-0.2, -0.15) is 0 Å². The number of hydrogen-bond acceptors (Lipinski definition) is 1. The molecule has 20 heavy (non-hydrogen) atoms. The van der Waals surface area contributed by atoms with Crippen molar-refractivity contribution in [2.24, 2.45) is 0 Å². The van der Waals surface area contributed by atoms with Gasteiger partial charge in [0.05, 0.1) is 5.02 Å². The maximum Gasteiger partial charge on any atom is 0.319 e. The van der Waals surface area contributed by atoms with Crippen LogP contribution in [0, 0.1) is 12.7 Å². The Bertz CT molecular complexity index is 631. The van der Waals surface area contributed by atoms with Crippen molar-refractivity contribution in [1.82, 2.24) is 5.32 Å². The minimum atomic E-state index is -0.567. The highest BCUT2D eigenvalue weighted by Gasteiger charge is 2.05. The second-order valence-electron chi connectivity index (χ2n) is 4.43. The van der Waals surface area contributed by atoms with Crippen molar-refractivity contribution in [1.29, 1.82) is 0 Å². The third-order valence-corrected chi connectivity index (χ3v) is 3.02. The number of nitrogens with one attached hydrogen (secondary N) is 2. The van der Waals surface area contributed by atoms with Crippen LogP contribution in [0.15, 0.2) is 42.5 Å². The van der Waals surface area contributed by atoms with Crippen LogP contribution in [0.3, 0.4) is 0 Å². The van der Waals surface area contributed by atoms with Crippen molar-refractivity contribution >= 4 is 23.3 Å². The number of hydrogen-bond donors (Lipinski definition) is 2. The van der Waals surface area contributed by atoms with Crippen LogP contribution in [-0.2, 0) is 6.54 Å². The minimum Gasteiger partial charge on any atom is -0.334 e. The van der Waals surface area contributed by atoms with E-state index >= 15 is 0 Å². The van der Waals surface area contributed by atoms with Gasteiger partial charge in [0.2, 0.25) is 0 Å². The topological polar surface area (TPSA) is 41.1 Å². The van der Waals surface area contributed by atoms with Gasteiger partial charge in [0.1, 0.15) is 5.82 Å². The van der Waals surface area contributed by atoms with Gasteiger partial charge < -0.3 is 10.6 Å². The van der Waals surface area contributed by atoms with Gasteiger partial charge in [-0.3, -0.25) is 0 Å².